The number of esters is 1. The highest BCUT2D eigenvalue weighted by atomic mass is 35.5. The molecule has 0 spiro atoms. The Hall–Kier alpha value is -3.55. The van der Waals surface area contributed by atoms with E-state index < -0.39 is 29.3 Å². The number of amides is 2. The van der Waals surface area contributed by atoms with Gasteiger partial charge < -0.3 is 25.0 Å². The maximum Gasteiger partial charge on any atom is 0.338 e. The van der Waals surface area contributed by atoms with Gasteiger partial charge in [0, 0.05) is 55.6 Å². The number of nitrogens with one attached hydrogen (secondary N) is 1. The van der Waals surface area contributed by atoms with Crippen LogP contribution in [0.25, 0.3) is 0 Å². The summed E-state index contributed by atoms with van der Waals surface area (Å²) in [5, 5.41) is 15.0. The second-order valence-corrected chi connectivity index (χ2v) is 12.1. The molecule has 11 nitrogen and oxygen atoms in total. The Kier molecular flexibility index (Phi) is 7.66. The summed E-state index contributed by atoms with van der Waals surface area (Å²) in [6, 6.07) is 3.26. The molecule has 0 unspecified atom stereocenters. The molecule has 3 aliphatic heterocycles. The van der Waals surface area contributed by atoms with Crippen LogP contribution < -0.4 is 5.32 Å². The number of carbonyl (C=O) groups excluding carboxylic acids is 2. The molecule has 0 bridgehead atoms. The number of benzene rings is 1. The van der Waals surface area contributed by atoms with Crippen molar-refractivity contribution in [1.29, 1.82) is 0 Å². The molecule has 3 fully saturated rings. The predicted molar refractivity (Wildman–Crippen MR) is 153 cm³/mol. The second kappa shape index (κ2) is 11.3. The van der Waals surface area contributed by atoms with E-state index in [9.17, 15) is 23.9 Å². The number of hydrogen-bond donors (Lipinski definition) is 2. The number of carboxylic acid groups (broad SMARTS) is 1. The first-order valence-electron chi connectivity index (χ1n) is 13.8. The Balaban J connectivity index is 1.31. The number of thiazole rings is 1. The van der Waals surface area contributed by atoms with Crippen molar-refractivity contribution in [3.63, 3.8) is 0 Å². The smallest absolute Gasteiger partial charge is 0.338 e. The first-order valence-corrected chi connectivity index (χ1v) is 15.1. The molecule has 1 aromatic heterocycles. The molecule has 6 rings (SSSR count). The largest absolute Gasteiger partial charge is 0.481 e. The average molecular weight is 617 g/mol. The van der Waals surface area contributed by atoms with E-state index in [1.807, 2.05) is 10.3 Å². The number of aliphatic carboxylic acids is 1. The highest BCUT2D eigenvalue weighted by Gasteiger charge is 2.56. The maximum atomic E-state index is 14.6. The van der Waals surface area contributed by atoms with Crippen molar-refractivity contribution < 1.29 is 28.6 Å². The van der Waals surface area contributed by atoms with Crippen LogP contribution in [0.2, 0.25) is 5.02 Å². The van der Waals surface area contributed by atoms with Crippen LogP contribution in [-0.4, -0.2) is 99.5 Å². The molecule has 222 valence electrons. The number of fused-ring (bicyclic) bond motifs is 1. The minimum absolute atomic E-state index is 0.0500. The zero-order valence-corrected chi connectivity index (χ0v) is 24.5. The molecule has 1 aromatic carbocycles. The van der Waals surface area contributed by atoms with Crippen LogP contribution >= 0.6 is 22.9 Å². The van der Waals surface area contributed by atoms with Crippen molar-refractivity contribution in [2.45, 2.75) is 43.8 Å². The van der Waals surface area contributed by atoms with Gasteiger partial charge in [-0.2, -0.15) is 0 Å². The first kappa shape index (κ1) is 28.6. The SMILES string of the molecule is CCOC(=O)C1=C(CN2CCN3C(=O)N(C4(CC(=O)O)CC4)C[C@H]3C2)NC(c2nccs2)=N[C@H]1c1cccc(F)c1Cl. The average Bonchev–Trinajstić information content (AvgIpc) is 3.36. The summed E-state index contributed by atoms with van der Waals surface area (Å²) in [5.41, 5.74) is 0.516. The van der Waals surface area contributed by atoms with Crippen molar-refractivity contribution in [3.05, 3.63) is 62.5 Å². The number of amidine groups is 1. The van der Waals surface area contributed by atoms with Gasteiger partial charge in [0.1, 0.15) is 11.9 Å². The summed E-state index contributed by atoms with van der Waals surface area (Å²) < 4.78 is 20.0. The van der Waals surface area contributed by atoms with E-state index in [0.29, 0.717) is 67.7 Å². The minimum atomic E-state index is -0.932. The van der Waals surface area contributed by atoms with Crippen LogP contribution in [0.5, 0.6) is 0 Å². The van der Waals surface area contributed by atoms with E-state index in [4.69, 9.17) is 21.3 Å². The molecule has 2 atom stereocenters. The molecule has 42 heavy (non-hydrogen) atoms. The number of urea groups is 1. The number of carboxylic acids is 1. The van der Waals surface area contributed by atoms with Gasteiger partial charge in [-0.15, -0.1) is 11.3 Å². The van der Waals surface area contributed by atoms with Crippen molar-refractivity contribution >= 4 is 46.7 Å². The van der Waals surface area contributed by atoms with Crippen LogP contribution in [0.4, 0.5) is 9.18 Å². The number of nitrogens with zero attached hydrogens (tertiary/aromatic N) is 5. The van der Waals surface area contributed by atoms with Crippen molar-refractivity contribution in [2.75, 3.05) is 39.3 Å². The molecular weight excluding hydrogens is 587 g/mol. The van der Waals surface area contributed by atoms with Crippen molar-refractivity contribution in [1.82, 2.24) is 25.0 Å². The van der Waals surface area contributed by atoms with Gasteiger partial charge in [-0.1, -0.05) is 23.7 Å². The molecule has 14 heteroatoms. The highest BCUT2D eigenvalue weighted by Crippen LogP contribution is 2.47. The lowest BCUT2D eigenvalue weighted by molar-refractivity contribution is -0.139. The molecule has 1 saturated carbocycles. The van der Waals surface area contributed by atoms with Gasteiger partial charge in [-0.05, 0) is 25.8 Å². The molecule has 1 aliphatic carbocycles. The number of ether oxygens (including phenoxy) is 1. The normalized spacial score (nSPS) is 23.4. The summed E-state index contributed by atoms with van der Waals surface area (Å²) >= 11 is 7.78. The third kappa shape index (κ3) is 5.25. The number of rotatable bonds is 9. The Labute approximate surface area is 250 Å². The van der Waals surface area contributed by atoms with E-state index in [-0.39, 0.29) is 35.7 Å². The van der Waals surface area contributed by atoms with Gasteiger partial charge in [0.2, 0.25) is 0 Å². The first-order chi connectivity index (χ1) is 20.2. The van der Waals surface area contributed by atoms with Gasteiger partial charge >= 0.3 is 18.0 Å². The molecular formula is C28H30ClFN6O5S. The number of aliphatic imine (C=N–C) groups is 1. The molecule has 2 N–H and O–H groups in total. The fraction of sp³-hybridized carbons (Fsp3) is 0.464. The van der Waals surface area contributed by atoms with Crippen molar-refractivity contribution in [2.24, 2.45) is 4.99 Å². The van der Waals surface area contributed by atoms with Crippen molar-refractivity contribution in [3.8, 4) is 0 Å². The maximum absolute atomic E-state index is 14.6. The summed E-state index contributed by atoms with van der Waals surface area (Å²) in [6.07, 6.45) is 2.99. The number of hydrogen-bond acceptors (Lipinski definition) is 9. The van der Waals surface area contributed by atoms with E-state index in [0.717, 1.165) is 0 Å². The molecule has 0 radical (unpaired) electrons. The van der Waals surface area contributed by atoms with Crippen LogP contribution in [0.3, 0.4) is 0 Å². The van der Waals surface area contributed by atoms with E-state index in [1.165, 1.54) is 23.5 Å². The highest BCUT2D eigenvalue weighted by molar-refractivity contribution is 7.11. The number of halogens is 2. The predicted octanol–water partition coefficient (Wildman–Crippen LogP) is 3.27. The monoisotopic (exact) mass is 616 g/mol. The molecule has 2 saturated heterocycles. The Morgan fingerprint density at radius 2 is 2.10 bits per heavy atom. The molecule has 2 aromatic rings. The molecule has 4 aliphatic rings. The standard InChI is InChI=1S/C28H30ClFN6O5S/c1-2-41-26(39)21-19(32-24(25-31-8-11-42-25)33-23(21)17-4-3-5-18(30)22(17)29)15-34-9-10-35-16(13-34)14-36(27(35)40)28(6-7-28)12-20(37)38/h3-5,8,11,16,23H,2,6-7,9-10,12-15H2,1H3,(H,32,33)(H,37,38)/t16-,23+/m1/s1. The zero-order valence-electron chi connectivity index (χ0n) is 22.9. The van der Waals surface area contributed by atoms with E-state index in [2.05, 4.69) is 15.2 Å². The minimum Gasteiger partial charge on any atom is -0.481 e. The quantitative estimate of drug-likeness (QED) is 0.411. The lowest BCUT2D eigenvalue weighted by Crippen LogP contribution is -2.53. The van der Waals surface area contributed by atoms with Crippen LogP contribution in [0.1, 0.15) is 42.8 Å². The Bertz CT molecular complexity index is 1480. The molecule has 2 amide bonds. The van der Waals surface area contributed by atoms with E-state index >= 15 is 0 Å². The van der Waals surface area contributed by atoms with Gasteiger partial charge in [0.05, 0.1) is 35.2 Å². The number of carbonyl (C=O) groups is 3. The lowest BCUT2D eigenvalue weighted by atomic mass is 9.95. The van der Waals surface area contributed by atoms with Crippen LogP contribution in [-0.2, 0) is 14.3 Å². The number of aromatic nitrogens is 1. The third-order valence-electron chi connectivity index (χ3n) is 8.23. The van der Waals surface area contributed by atoms with Gasteiger partial charge in [0.25, 0.3) is 0 Å². The summed E-state index contributed by atoms with van der Waals surface area (Å²) in [5.74, 6) is -1.67. The van der Waals surface area contributed by atoms with Gasteiger partial charge in [-0.25, -0.2) is 19.0 Å². The summed E-state index contributed by atoms with van der Waals surface area (Å²) in [6.45, 7) is 4.15. The van der Waals surface area contributed by atoms with Crippen LogP contribution in [0.15, 0.2) is 46.0 Å². The fourth-order valence-electron chi connectivity index (χ4n) is 6.08. The Morgan fingerprint density at radius 1 is 1.29 bits per heavy atom. The van der Waals surface area contributed by atoms with Gasteiger partial charge in [-0.3, -0.25) is 14.7 Å². The third-order valence-corrected chi connectivity index (χ3v) is 9.41. The zero-order chi connectivity index (χ0) is 29.6. The number of piperazine rings is 1. The topological polar surface area (TPSA) is 128 Å². The molecule has 4 heterocycles. The lowest BCUT2D eigenvalue weighted by Gasteiger charge is -2.38. The van der Waals surface area contributed by atoms with Gasteiger partial charge in [0.15, 0.2) is 10.8 Å². The van der Waals surface area contributed by atoms with E-state index in [1.54, 1.807) is 24.1 Å². The fourth-order valence-corrected chi connectivity index (χ4v) is 6.90. The summed E-state index contributed by atoms with van der Waals surface area (Å²) in [4.78, 5) is 53.0. The summed E-state index contributed by atoms with van der Waals surface area (Å²) in [7, 11) is 0. The second-order valence-electron chi connectivity index (χ2n) is 10.9. The Morgan fingerprint density at radius 3 is 2.79 bits per heavy atom. The van der Waals surface area contributed by atoms with Crippen LogP contribution in [0, 0.1) is 5.82 Å².